The van der Waals surface area contributed by atoms with Crippen molar-refractivity contribution in [3.8, 4) is 17.2 Å². The second-order valence-corrected chi connectivity index (χ2v) is 3.78. The van der Waals surface area contributed by atoms with Gasteiger partial charge in [-0.15, -0.1) is 0 Å². The predicted molar refractivity (Wildman–Crippen MR) is 72.9 cm³/mol. The molecule has 0 heterocycles. The minimum absolute atomic E-state index is 0.415. The smallest absolute Gasteiger partial charge is 0.335 e. The van der Waals surface area contributed by atoms with Crippen molar-refractivity contribution in [1.82, 2.24) is 0 Å². The third kappa shape index (κ3) is 2.38. The molecule has 0 unspecified atom stereocenters. The molecule has 19 heavy (non-hydrogen) atoms. The lowest BCUT2D eigenvalue weighted by molar-refractivity contribution is -0.128. The van der Waals surface area contributed by atoms with Crippen LogP contribution in [0.3, 0.4) is 0 Å². The standard InChI is InChI=1S/C15H14O4/c1-4-14(16)19-12-9-13(17-2)15(18-3)11-8-6-5-7-10(11)12/h4-9H,1H2,2-3H3. The van der Waals surface area contributed by atoms with Gasteiger partial charge in [-0.25, -0.2) is 4.79 Å². The molecule has 0 amide bonds. The van der Waals surface area contributed by atoms with Crippen LogP contribution in [0.5, 0.6) is 17.2 Å². The number of hydrogen-bond acceptors (Lipinski definition) is 4. The third-order valence-corrected chi connectivity index (χ3v) is 2.72. The van der Waals surface area contributed by atoms with Crippen LogP contribution in [0.1, 0.15) is 0 Å². The van der Waals surface area contributed by atoms with E-state index in [0.717, 1.165) is 16.8 Å². The van der Waals surface area contributed by atoms with Gasteiger partial charge in [0.15, 0.2) is 11.5 Å². The molecule has 0 fully saturated rings. The lowest BCUT2D eigenvalue weighted by Gasteiger charge is -2.14. The first kappa shape index (κ1) is 13.0. The number of benzene rings is 2. The fourth-order valence-corrected chi connectivity index (χ4v) is 1.89. The van der Waals surface area contributed by atoms with E-state index < -0.39 is 5.97 Å². The Balaban J connectivity index is 2.70. The summed E-state index contributed by atoms with van der Waals surface area (Å²) >= 11 is 0. The zero-order valence-electron chi connectivity index (χ0n) is 10.8. The van der Waals surface area contributed by atoms with Gasteiger partial charge in [0.05, 0.1) is 14.2 Å². The molecular formula is C15H14O4. The van der Waals surface area contributed by atoms with Gasteiger partial charge in [0, 0.05) is 22.9 Å². The first-order chi connectivity index (χ1) is 9.21. The SMILES string of the molecule is C=CC(=O)Oc1cc(OC)c(OC)c2ccccc12. The van der Waals surface area contributed by atoms with Gasteiger partial charge < -0.3 is 14.2 Å². The van der Waals surface area contributed by atoms with E-state index in [9.17, 15) is 4.79 Å². The van der Waals surface area contributed by atoms with Crippen LogP contribution in [-0.4, -0.2) is 20.2 Å². The molecule has 0 saturated heterocycles. The Labute approximate surface area is 111 Å². The average molecular weight is 258 g/mol. The Hall–Kier alpha value is -2.49. The lowest BCUT2D eigenvalue weighted by Crippen LogP contribution is -2.04. The number of ether oxygens (including phenoxy) is 3. The van der Waals surface area contributed by atoms with Crippen molar-refractivity contribution in [3.05, 3.63) is 43.0 Å². The molecule has 2 aromatic carbocycles. The van der Waals surface area contributed by atoms with Crippen molar-refractivity contribution in [2.75, 3.05) is 14.2 Å². The highest BCUT2D eigenvalue weighted by Gasteiger charge is 2.15. The summed E-state index contributed by atoms with van der Waals surface area (Å²) in [5, 5.41) is 1.59. The Morgan fingerprint density at radius 1 is 1.11 bits per heavy atom. The Morgan fingerprint density at radius 2 is 1.79 bits per heavy atom. The molecule has 0 bridgehead atoms. The Bertz CT molecular complexity index is 631. The zero-order chi connectivity index (χ0) is 13.8. The Morgan fingerprint density at radius 3 is 2.37 bits per heavy atom. The average Bonchev–Trinajstić information content (AvgIpc) is 2.46. The normalized spacial score (nSPS) is 10.0. The highest BCUT2D eigenvalue weighted by Crippen LogP contribution is 2.41. The van der Waals surface area contributed by atoms with E-state index in [-0.39, 0.29) is 0 Å². The quantitative estimate of drug-likeness (QED) is 0.480. The second kappa shape index (κ2) is 5.44. The zero-order valence-corrected chi connectivity index (χ0v) is 10.8. The van der Waals surface area contributed by atoms with E-state index in [1.165, 1.54) is 7.11 Å². The monoisotopic (exact) mass is 258 g/mol. The molecular weight excluding hydrogens is 244 g/mol. The van der Waals surface area contributed by atoms with Crippen LogP contribution in [0, 0.1) is 0 Å². The minimum Gasteiger partial charge on any atom is -0.493 e. The molecule has 4 heteroatoms. The number of esters is 1. The van der Waals surface area contributed by atoms with Gasteiger partial charge in [0.2, 0.25) is 0 Å². The summed E-state index contributed by atoms with van der Waals surface area (Å²) < 4.78 is 15.8. The highest BCUT2D eigenvalue weighted by atomic mass is 16.5. The highest BCUT2D eigenvalue weighted by molar-refractivity contribution is 5.97. The molecule has 0 N–H and O–H groups in total. The van der Waals surface area contributed by atoms with Crippen LogP contribution in [0.4, 0.5) is 0 Å². The van der Waals surface area contributed by atoms with E-state index in [1.54, 1.807) is 13.2 Å². The molecule has 4 nitrogen and oxygen atoms in total. The van der Waals surface area contributed by atoms with Crippen molar-refractivity contribution in [2.45, 2.75) is 0 Å². The maximum absolute atomic E-state index is 11.4. The number of methoxy groups -OCH3 is 2. The van der Waals surface area contributed by atoms with E-state index in [1.807, 2.05) is 24.3 Å². The molecule has 0 atom stereocenters. The van der Waals surface area contributed by atoms with Crippen molar-refractivity contribution >= 4 is 16.7 Å². The molecule has 0 radical (unpaired) electrons. The minimum atomic E-state index is -0.516. The fraction of sp³-hybridized carbons (Fsp3) is 0.133. The van der Waals surface area contributed by atoms with Crippen LogP contribution >= 0.6 is 0 Å². The van der Waals surface area contributed by atoms with E-state index in [2.05, 4.69) is 6.58 Å². The molecule has 0 saturated carbocycles. The van der Waals surface area contributed by atoms with Gasteiger partial charge in [-0.3, -0.25) is 0 Å². The van der Waals surface area contributed by atoms with Crippen LogP contribution in [0.15, 0.2) is 43.0 Å². The lowest BCUT2D eigenvalue weighted by atomic mass is 10.1. The fourth-order valence-electron chi connectivity index (χ4n) is 1.89. The van der Waals surface area contributed by atoms with Gasteiger partial charge in [0.25, 0.3) is 0 Å². The van der Waals surface area contributed by atoms with Crippen molar-refractivity contribution < 1.29 is 19.0 Å². The molecule has 2 rings (SSSR count). The maximum atomic E-state index is 11.4. The van der Waals surface area contributed by atoms with E-state index >= 15 is 0 Å². The summed E-state index contributed by atoms with van der Waals surface area (Å²) in [5.41, 5.74) is 0. The summed E-state index contributed by atoms with van der Waals surface area (Å²) in [4.78, 5) is 11.4. The number of hydrogen-bond donors (Lipinski definition) is 0. The van der Waals surface area contributed by atoms with E-state index in [0.29, 0.717) is 17.2 Å². The Kier molecular flexibility index (Phi) is 3.71. The molecule has 0 aliphatic carbocycles. The van der Waals surface area contributed by atoms with Gasteiger partial charge in [-0.1, -0.05) is 30.8 Å². The topological polar surface area (TPSA) is 44.8 Å². The number of carbonyl (C=O) groups is 1. The van der Waals surface area contributed by atoms with Gasteiger partial charge in [0.1, 0.15) is 5.75 Å². The summed E-state index contributed by atoms with van der Waals surface area (Å²) in [6.45, 7) is 3.38. The first-order valence-corrected chi connectivity index (χ1v) is 5.69. The molecule has 0 aromatic heterocycles. The van der Waals surface area contributed by atoms with Gasteiger partial charge in [-0.05, 0) is 0 Å². The summed E-state index contributed by atoms with van der Waals surface area (Å²) in [5.74, 6) is 1.01. The van der Waals surface area contributed by atoms with Crippen LogP contribution in [0.2, 0.25) is 0 Å². The van der Waals surface area contributed by atoms with Crippen molar-refractivity contribution in [3.63, 3.8) is 0 Å². The largest absolute Gasteiger partial charge is 0.493 e. The third-order valence-electron chi connectivity index (χ3n) is 2.72. The summed E-state index contributed by atoms with van der Waals surface area (Å²) in [6, 6.07) is 9.09. The van der Waals surface area contributed by atoms with Gasteiger partial charge >= 0.3 is 5.97 Å². The molecule has 2 aromatic rings. The molecule has 0 aliphatic rings. The van der Waals surface area contributed by atoms with Crippen molar-refractivity contribution in [2.24, 2.45) is 0 Å². The predicted octanol–water partition coefficient (Wildman–Crippen LogP) is 2.95. The number of rotatable bonds is 4. The molecule has 0 spiro atoms. The summed E-state index contributed by atoms with van der Waals surface area (Å²) in [6.07, 6.45) is 1.12. The number of carbonyl (C=O) groups excluding carboxylic acids is 1. The van der Waals surface area contributed by atoms with E-state index in [4.69, 9.17) is 14.2 Å². The number of fused-ring (bicyclic) bond motifs is 1. The van der Waals surface area contributed by atoms with Crippen LogP contribution in [0.25, 0.3) is 10.8 Å². The second-order valence-electron chi connectivity index (χ2n) is 3.78. The molecule has 98 valence electrons. The molecule has 0 aliphatic heterocycles. The van der Waals surface area contributed by atoms with Crippen LogP contribution < -0.4 is 14.2 Å². The van der Waals surface area contributed by atoms with Crippen LogP contribution in [-0.2, 0) is 4.79 Å². The van der Waals surface area contributed by atoms with Crippen molar-refractivity contribution in [1.29, 1.82) is 0 Å². The maximum Gasteiger partial charge on any atom is 0.335 e. The van der Waals surface area contributed by atoms with Gasteiger partial charge in [-0.2, -0.15) is 0 Å². The summed E-state index contributed by atoms with van der Waals surface area (Å²) in [7, 11) is 3.10. The first-order valence-electron chi connectivity index (χ1n) is 5.69.